The summed E-state index contributed by atoms with van der Waals surface area (Å²) < 4.78 is 0. The Hall–Kier alpha value is -1.43. The first kappa shape index (κ1) is 17.4. The highest BCUT2D eigenvalue weighted by atomic mass is 32.1. The number of thiazole rings is 1. The van der Waals surface area contributed by atoms with Crippen molar-refractivity contribution in [2.75, 3.05) is 6.54 Å². The van der Waals surface area contributed by atoms with E-state index in [1.807, 2.05) is 20.8 Å². The van der Waals surface area contributed by atoms with Crippen LogP contribution in [0.15, 0.2) is 0 Å². The van der Waals surface area contributed by atoms with Gasteiger partial charge in [0.2, 0.25) is 11.8 Å². The molecule has 2 heterocycles. The van der Waals surface area contributed by atoms with Crippen molar-refractivity contribution >= 4 is 23.2 Å². The Balaban J connectivity index is 1.65. The van der Waals surface area contributed by atoms with Gasteiger partial charge in [-0.1, -0.05) is 13.8 Å². The average molecular weight is 350 g/mol. The second-order valence-electron chi connectivity index (χ2n) is 7.20. The van der Waals surface area contributed by atoms with Gasteiger partial charge in [0.05, 0.1) is 11.7 Å². The number of rotatable bonds is 4. The van der Waals surface area contributed by atoms with Gasteiger partial charge in [-0.3, -0.25) is 9.59 Å². The number of aromatic nitrogens is 1. The van der Waals surface area contributed by atoms with Crippen LogP contribution in [0.25, 0.3) is 0 Å². The normalized spacial score (nSPS) is 21.7. The van der Waals surface area contributed by atoms with Crippen LogP contribution in [-0.4, -0.2) is 34.3 Å². The van der Waals surface area contributed by atoms with Gasteiger partial charge in [-0.15, -0.1) is 11.3 Å². The van der Waals surface area contributed by atoms with E-state index < -0.39 is 0 Å². The monoisotopic (exact) mass is 349 g/mol. The van der Waals surface area contributed by atoms with Crippen LogP contribution >= 0.6 is 11.3 Å². The third-order valence-corrected chi connectivity index (χ3v) is 6.26. The lowest BCUT2D eigenvalue weighted by molar-refractivity contribution is -0.141. The van der Waals surface area contributed by atoms with Gasteiger partial charge < -0.3 is 10.2 Å². The van der Waals surface area contributed by atoms with Crippen LogP contribution in [0.2, 0.25) is 0 Å². The van der Waals surface area contributed by atoms with E-state index in [0.717, 1.165) is 30.7 Å². The number of carbonyl (C=O) groups is 2. The molecule has 0 aromatic carbocycles. The van der Waals surface area contributed by atoms with E-state index in [4.69, 9.17) is 4.98 Å². The number of amides is 2. The minimum absolute atomic E-state index is 0.0397. The highest BCUT2D eigenvalue weighted by molar-refractivity contribution is 7.11. The number of hydrogen-bond acceptors (Lipinski definition) is 4. The Bertz CT molecular complexity index is 602. The van der Waals surface area contributed by atoms with Gasteiger partial charge in [-0.2, -0.15) is 0 Å². The Morgan fingerprint density at radius 1 is 1.21 bits per heavy atom. The van der Waals surface area contributed by atoms with Crippen LogP contribution < -0.4 is 5.32 Å². The first-order chi connectivity index (χ1) is 11.5. The molecule has 2 unspecified atom stereocenters. The molecule has 0 bridgehead atoms. The van der Waals surface area contributed by atoms with Crippen molar-refractivity contribution in [1.29, 1.82) is 0 Å². The van der Waals surface area contributed by atoms with Crippen LogP contribution in [0.5, 0.6) is 0 Å². The molecule has 5 nitrogen and oxygen atoms in total. The minimum Gasteiger partial charge on any atom is -0.345 e. The molecule has 2 amide bonds. The summed E-state index contributed by atoms with van der Waals surface area (Å²) in [5.41, 5.74) is 1.22. The molecule has 1 aromatic heterocycles. The van der Waals surface area contributed by atoms with E-state index in [9.17, 15) is 9.59 Å². The predicted octanol–water partition coefficient (Wildman–Crippen LogP) is 2.85. The molecule has 0 radical (unpaired) electrons. The fourth-order valence-corrected chi connectivity index (χ4v) is 4.72. The van der Waals surface area contributed by atoms with E-state index in [0.29, 0.717) is 6.54 Å². The van der Waals surface area contributed by atoms with E-state index in [1.54, 1.807) is 16.2 Å². The fourth-order valence-electron chi connectivity index (χ4n) is 3.56. The molecule has 0 saturated carbocycles. The van der Waals surface area contributed by atoms with Crippen molar-refractivity contribution in [3.63, 3.8) is 0 Å². The summed E-state index contributed by atoms with van der Waals surface area (Å²) in [6, 6.07) is -0.415. The van der Waals surface area contributed by atoms with Crippen molar-refractivity contribution in [3.05, 3.63) is 15.6 Å². The third-order valence-electron chi connectivity index (χ3n) is 4.92. The number of carbonyl (C=O) groups excluding carboxylic acids is 2. The van der Waals surface area contributed by atoms with Crippen LogP contribution in [0.1, 0.15) is 68.1 Å². The summed E-state index contributed by atoms with van der Waals surface area (Å²) in [7, 11) is 0. The minimum atomic E-state index is -0.322. The van der Waals surface area contributed by atoms with Crippen LogP contribution in [-0.2, 0) is 22.4 Å². The summed E-state index contributed by atoms with van der Waals surface area (Å²) in [5.74, 6) is -0.0336. The van der Waals surface area contributed by atoms with Crippen molar-refractivity contribution in [1.82, 2.24) is 15.2 Å². The first-order valence-corrected chi connectivity index (χ1v) is 9.88. The lowest BCUT2D eigenvalue weighted by Gasteiger charge is -2.26. The average Bonchev–Trinajstić information content (AvgIpc) is 3.20. The van der Waals surface area contributed by atoms with Gasteiger partial charge in [0.1, 0.15) is 11.0 Å². The van der Waals surface area contributed by atoms with Crippen molar-refractivity contribution < 1.29 is 9.59 Å². The van der Waals surface area contributed by atoms with Crippen LogP contribution in [0.3, 0.4) is 0 Å². The van der Waals surface area contributed by atoms with Gasteiger partial charge in [0.25, 0.3) is 0 Å². The number of aryl methyl sites for hydroxylation is 2. The summed E-state index contributed by atoms with van der Waals surface area (Å²) >= 11 is 1.73. The number of likely N-dealkylation sites (tertiary alicyclic amines) is 1. The summed E-state index contributed by atoms with van der Waals surface area (Å²) in [6.45, 7) is 6.46. The molecular formula is C18H27N3O2S. The van der Waals surface area contributed by atoms with E-state index in [1.165, 1.54) is 23.4 Å². The van der Waals surface area contributed by atoms with Gasteiger partial charge in [0.15, 0.2) is 0 Å². The molecule has 2 aliphatic rings. The summed E-state index contributed by atoms with van der Waals surface area (Å²) in [5, 5.41) is 4.08. The maximum absolute atomic E-state index is 12.7. The molecule has 0 spiro atoms. The van der Waals surface area contributed by atoms with Crippen LogP contribution in [0, 0.1) is 5.92 Å². The predicted molar refractivity (Wildman–Crippen MR) is 94.9 cm³/mol. The summed E-state index contributed by atoms with van der Waals surface area (Å²) in [4.78, 5) is 32.8. The number of fused-ring (bicyclic) bond motifs is 1. The fraction of sp³-hybridized carbons (Fsp3) is 0.722. The standard InChI is InChI=1S/C18H27N3O2S/c1-11(2)18(23)21-10-6-8-14(21)16(22)19-12(3)17-20-13-7-4-5-9-15(13)24-17/h11-12,14H,4-10H2,1-3H3,(H,19,22). The lowest BCUT2D eigenvalue weighted by Crippen LogP contribution is -2.47. The Morgan fingerprint density at radius 2 is 1.96 bits per heavy atom. The Kier molecular flexibility index (Phi) is 5.23. The Labute approximate surface area is 147 Å². The molecule has 1 N–H and O–H groups in total. The molecular weight excluding hydrogens is 322 g/mol. The molecule has 2 atom stereocenters. The molecule has 3 rings (SSSR count). The molecule has 132 valence electrons. The zero-order chi connectivity index (χ0) is 17.3. The SMILES string of the molecule is CC(C)C(=O)N1CCCC1C(=O)NC(C)c1nc2c(s1)CCCC2. The molecule has 1 aliphatic carbocycles. The van der Waals surface area contributed by atoms with E-state index >= 15 is 0 Å². The molecule has 1 fully saturated rings. The number of nitrogens with one attached hydrogen (secondary N) is 1. The Morgan fingerprint density at radius 3 is 2.67 bits per heavy atom. The second-order valence-corrected chi connectivity index (χ2v) is 8.32. The largest absolute Gasteiger partial charge is 0.345 e. The van der Waals surface area contributed by atoms with Crippen molar-refractivity contribution in [2.45, 2.75) is 71.4 Å². The number of nitrogens with zero attached hydrogens (tertiary/aromatic N) is 2. The molecule has 1 aliphatic heterocycles. The van der Waals surface area contributed by atoms with Gasteiger partial charge >= 0.3 is 0 Å². The van der Waals surface area contributed by atoms with Crippen molar-refractivity contribution in [2.24, 2.45) is 5.92 Å². The van der Waals surface area contributed by atoms with Gasteiger partial charge in [0, 0.05) is 17.3 Å². The zero-order valence-corrected chi connectivity index (χ0v) is 15.6. The van der Waals surface area contributed by atoms with Gasteiger partial charge in [-0.25, -0.2) is 4.98 Å². The quantitative estimate of drug-likeness (QED) is 0.909. The maximum Gasteiger partial charge on any atom is 0.243 e. The maximum atomic E-state index is 12.7. The molecule has 1 aromatic rings. The first-order valence-electron chi connectivity index (χ1n) is 9.06. The highest BCUT2D eigenvalue weighted by Gasteiger charge is 2.35. The molecule has 1 saturated heterocycles. The zero-order valence-electron chi connectivity index (χ0n) is 14.8. The third kappa shape index (κ3) is 3.48. The topological polar surface area (TPSA) is 62.3 Å². The van der Waals surface area contributed by atoms with Crippen LogP contribution in [0.4, 0.5) is 0 Å². The van der Waals surface area contributed by atoms with Crippen molar-refractivity contribution in [3.8, 4) is 0 Å². The molecule has 6 heteroatoms. The van der Waals surface area contributed by atoms with E-state index in [-0.39, 0.29) is 29.8 Å². The highest BCUT2D eigenvalue weighted by Crippen LogP contribution is 2.30. The lowest BCUT2D eigenvalue weighted by atomic mass is 10.0. The summed E-state index contributed by atoms with van der Waals surface area (Å²) in [6.07, 6.45) is 6.29. The number of hydrogen-bond donors (Lipinski definition) is 1. The van der Waals surface area contributed by atoms with E-state index in [2.05, 4.69) is 5.32 Å². The smallest absolute Gasteiger partial charge is 0.243 e. The second kappa shape index (κ2) is 7.21. The molecule has 24 heavy (non-hydrogen) atoms. The van der Waals surface area contributed by atoms with Gasteiger partial charge in [-0.05, 0) is 45.4 Å².